The number of hydrogen-bond acceptors (Lipinski definition) is 14. The molecule has 12 amide bonds. The van der Waals surface area contributed by atoms with Gasteiger partial charge in [0, 0.05) is 57.1 Å². The first-order chi connectivity index (χ1) is 34.1. The zero-order valence-corrected chi connectivity index (χ0v) is 39.7. The molecule has 27 heteroatoms. The SMILES string of the molecule is CC[C@H](C)[C@@H]1NC(=O)[C@H](Cc2ccc(O)cc2)NC(=O)CCC(=O)NC[C@@H](C(=O)N2CCC23C[C@@H]3C(=O)N[C@@H](Cc2cnc[nH]2)C(=O)NCC(N)=O)NC(=O)[C@H](CC(N)=O)NC(=O)[C@H](CCC(N)=O)NC1=O. The standard InChI is InChI=1S/C45H62N14O13/c1-3-22(2)37-43(71)54-27(8-9-32(46)61)40(68)56-30(16-33(47)62)41(69)57-31(19-50-35(64)10-11-36(65)53-28(42(70)58-37)14-23-4-6-25(60)7-5-23)44(72)59-13-12-45(59)17-26(45)38(66)55-29(15-24-18-49-21-52-24)39(67)51-20-34(48)63/h4-7,18,21-22,26-31,37,60H,3,8-17,19-20H2,1-2H3,(H2,46,61)(H2,47,62)(H2,48,63)(H,49,52)(H,50,64)(H,51,67)(H,53,65)(H,54,71)(H,55,66)(H,56,68)(H,57,69)(H,58,70)/t22-,26+,27-,28-,29-,30-,31-,37-,45?/m0/s1. The predicted molar refractivity (Wildman–Crippen MR) is 249 cm³/mol. The van der Waals surface area contributed by atoms with Gasteiger partial charge in [0.15, 0.2) is 0 Å². The highest BCUT2D eigenvalue weighted by molar-refractivity contribution is 5.99. The van der Waals surface area contributed by atoms with Crippen LogP contribution in [0.5, 0.6) is 5.75 Å². The van der Waals surface area contributed by atoms with Crippen LogP contribution in [0, 0.1) is 11.8 Å². The quantitative estimate of drug-likeness (QED) is 0.0704. The summed E-state index contributed by atoms with van der Waals surface area (Å²) in [7, 11) is 0. The minimum Gasteiger partial charge on any atom is -0.508 e. The third kappa shape index (κ3) is 14.9. The smallest absolute Gasteiger partial charge is 0.247 e. The van der Waals surface area contributed by atoms with E-state index in [9.17, 15) is 62.6 Å². The minimum atomic E-state index is -1.81. The highest BCUT2D eigenvalue weighted by Gasteiger charge is 2.68. The lowest BCUT2D eigenvalue weighted by molar-refractivity contribution is -0.147. The van der Waals surface area contributed by atoms with E-state index in [2.05, 4.69) is 52.5 Å². The molecule has 1 aromatic carbocycles. The summed E-state index contributed by atoms with van der Waals surface area (Å²) in [4.78, 5) is 168. The van der Waals surface area contributed by atoms with Gasteiger partial charge in [-0.25, -0.2) is 4.98 Å². The van der Waals surface area contributed by atoms with Crippen molar-refractivity contribution in [3.05, 3.63) is 48.0 Å². The molecule has 2 aliphatic heterocycles. The number of phenolic OH excluding ortho intramolecular Hbond substituents is 1. The number of nitrogens with one attached hydrogen (secondary N) is 9. The topological polar surface area (TPSA) is 431 Å². The Morgan fingerprint density at radius 2 is 1.50 bits per heavy atom. The highest BCUT2D eigenvalue weighted by atomic mass is 16.3. The Kier molecular flexibility index (Phi) is 18.7. The maximum absolute atomic E-state index is 14.5. The first-order valence-electron chi connectivity index (χ1n) is 23.4. The summed E-state index contributed by atoms with van der Waals surface area (Å²) < 4.78 is 0. The molecule has 2 aromatic rings. The van der Waals surface area contributed by atoms with Crippen molar-refractivity contribution in [1.29, 1.82) is 0 Å². The van der Waals surface area contributed by atoms with Gasteiger partial charge in [0.25, 0.3) is 0 Å². The van der Waals surface area contributed by atoms with Crippen molar-refractivity contribution in [2.75, 3.05) is 19.6 Å². The molecule has 1 unspecified atom stereocenters. The molecule has 390 valence electrons. The van der Waals surface area contributed by atoms with Gasteiger partial charge in [-0.15, -0.1) is 0 Å². The van der Waals surface area contributed by atoms with Gasteiger partial charge < -0.3 is 74.7 Å². The van der Waals surface area contributed by atoms with Gasteiger partial charge >= 0.3 is 0 Å². The van der Waals surface area contributed by atoms with E-state index in [0.29, 0.717) is 24.1 Å². The third-order valence-electron chi connectivity index (χ3n) is 12.9. The number of H-pyrrole nitrogens is 1. The zero-order chi connectivity index (χ0) is 52.9. The Balaban J connectivity index is 1.43. The number of carbonyl (C=O) groups is 12. The van der Waals surface area contributed by atoms with E-state index in [1.165, 1.54) is 41.7 Å². The number of rotatable bonds is 17. The summed E-state index contributed by atoms with van der Waals surface area (Å²) in [6, 6.07) is -3.19. The molecule has 0 bridgehead atoms. The van der Waals surface area contributed by atoms with Gasteiger partial charge in [-0.05, 0) is 42.9 Å². The maximum atomic E-state index is 14.5. The molecular weight excluding hydrogens is 945 g/mol. The van der Waals surface area contributed by atoms with Crippen LogP contribution >= 0.6 is 0 Å². The summed E-state index contributed by atoms with van der Waals surface area (Å²) >= 11 is 0. The first-order valence-corrected chi connectivity index (χ1v) is 23.4. The van der Waals surface area contributed by atoms with Crippen LogP contribution in [-0.4, -0.2) is 152 Å². The third-order valence-corrected chi connectivity index (χ3v) is 12.9. The van der Waals surface area contributed by atoms with Gasteiger partial charge in [0.2, 0.25) is 70.9 Å². The highest BCUT2D eigenvalue weighted by Crippen LogP contribution is 2.57. The van der Waals surface area contributed by atoms with Crippen LogP contribution in [0.1, 0.15) is 76.5 Å². The van der Waals surface area contributed by atoms with E-state index in [0.717, 1.165) is 0 Å². The average Bonchev–Trinajstić information content (AvgIpc) is 3.92. The number of carbonyl (C=O) groups excluding carboxylic acids is 12. The summed E-state index contributed by atoms with van der Waals surface area (Å²) in [5, 5.41) is 29.9. The molecule has 27 nitrogen and oxygen atoms in total. The van der Waals surface area contributed by atoms with Crippen molar-refractivity contribution in [2.45, 2.75) is 120 Å². The van der Waals surface area contributed by atoms with Gasteiger partial charge in [-0.2, -0.15) is 0 Å². The fraction of sp³-hybridized carbons (Fsp3) is 0.533. The number of nitrogens with two attached hydrogens (primary N) is 3. The molecule has 9 atom stereocenters. The maximum Gasteiger partial charge on any atom is 0.247 e. The number of phenols is 1. The fourth-order valence-corrected chi connectivity index (χ4v) is 8.43. The van der Waals surface area contributed by atoms with Crippen molar-refractivity contribution >= 4 is 70.9 Å². The van der Waals surface area contributed by atoms with Crippen molar-refractivity contribution in [1.82, 2.24) is 57.4 Å². The number of amides is 12. The van der Waals surface area contributed by atoms with E-state index in [1.807, 2.05) is 0 Å². The number of likely N-dealkylation sites (tertiary alicyclic amines) is 1. The number of aromatic hydroxyl groups is 1. The van der Waals surface area contributed by atoms with E-state index in [-0.39, 0.29) is 31.6 Å². The molecule has 3 aliphatic rings. The molecule has 3 fully saturated rings. The number of aromatic amines is 1. The lowest BCUT2D eigenvalue weighted by Crippen LogP contribution is -2.65. The van der Waals surface area contributed by atoms with E-state index in [1.54, 1.807) is 13.8 Å². The number of imidazole rings is 1. The average molecular weight is 1010 g/mol. The molecule has 1 aromatic heterocycles. The second kappa shape index (κ2) is 24.6. The number of nitrogens with zero attached hydrogens (tertiary/aromatic N) is 2. The monoisotopic (exact) mass is 1010 g/mol. The van der Waals surface area contributed by atoms with Gasteiger partial charge in [0.1, 0.15) is 42.0 Å². The minimum absolute atomic E-state index is 0.0519. The van der Waals surface area contributed by atoms with E-state index < -0.39 is 170 Å². The molecule has 1 saturated carbocycles. The van der Waals surface area contributed by atoms with Crippen LogP contribution in [0.25, 0.3) is 0 Å². The molecule has 2 saturated heterocycles. The Morgan fingerprint density at radius 3 is 2.11 bits per heavy atom. The lowest BCUT2D eigenvalue weighted by atomic mass is 9.95. The molecule has 1 spiro atoms. The molecular formula is C45H62N14O13. The Bertz CT molecular complexity index is 2400. The molecule has 5 rings (SSSR count). The molecule has 3 heterocycles. The molecule has 16 N–H and O–H groups in total. The van der Waals surface area contributed by atoms with Crippen LogP contribution in [0.15, 0.2) is 36.8 Å². The normalized spacial score (nSPS) is 25.1. The van der Waals surface area contributed by atoms with Crippen LogP contribution < -0.4 is 59.7 Å². The lowest BCUT2D eigenvalue weighted by Gasteiger charge is -2.44. The van der Waals surface area contributed by atoms with Crippen molar-refractivity contribution in [3.8, 4) is 5.75 Å². The van der Waals surface area contributed by atoms with Crippen molar-refractivity contribution in [2.24, 2.45) is 29.0 Å². The molecule has 72 heavy (non-hydrogen) atoms. The Hall–Kier alpha value is -8.13. The second-order valence-corrected chi connectivity index (χ2v) is 18.2. The summed E-state index contributed by atoms with van der Waals surface area (Å²) in [6.45, 7) is 2.33. The fourth-order valence-electron chi connectivity index (χ4n) is 8.43. The summed E-state index contributed by atoms with van der Waals surface area (Å²) in [5.74, 6) is -11.9. The van der Waals surface area contributed by atoms with Crippen molar-refractivity contribution in [3.63, 3.8) is 0 Å². The first kappa shape index (κ1) is 54.8. The number of benzene rings is 1. The summed E-state index contributed by atoms with van der Waals surface area (Å²) in [6.07, 6.45) is 0.721. The van der Waals surface area contributed by atoms with Gasteiger partial charge in [-0.1, -0.05) is 32.4 Å². The van der Waals surface area contributed by atoms with Crippen molar-refractivity contribution < 1.29 is 62.6 Å². The van der Waals surface area contributed by atoms with Crippen LogP contribution in [0.2, 0.25) is 0 Å². The van der Waals surface area contributed by atoms with E-state index in [4.69, 9.17) is 17.2 Å². The number of primary amides is 3. The Labute approximate surface area is 412 Å². The van der Waals surface area contributed by atoms with Crippen LogP contribution in [0.3, 0.4) is 0 Å². The number of aromatic nitrogens is 2. The van der Waals surface area contributed by atoms with E-state index >= 15 is 0 Å². The molecule has 0 radical (unpaired) electrons. The molecule has 1 aliphatic carbocycles. The van der Waals surface area contributed by atoms with Crippen LogP contribution in [0.4, 0.5) is 0 Å². The van der Waals surface area contributed by atoms with Crippen LogP contribution in [-0.2, 0) is 70.4 Å². The predicted octanol–water partition coefficient (Wildman–Crippen LogP) is -5.50. The second-order valence-electron chi connectivity index (χ2n) is 18.2. The Morgan fingerprint density at radius 1 is 0.833 bits per heavy atom. The van der Waals surface area contributed by atoms with Gasteiger partial charge in [-0.3, -0.25) is 57.5 Å². The zero-order valence-electron chi connectivity index (χ0n) is 39.7. The summed E-state index contributed by atoms with van der Waals surface area (Å²) in [5.41, 5.74) is 16.0. The van der Waals surface area contributed by atoms with Gasteiger partial charge in [0.05, 0.1) is 30.7 Å². The largest absolute Gasteiger partial charge is 0.508 e. The number of hydrogen-bond donors (Lipinski definition) is 13.